The number of rotatable bonds is 12. The van der Waals surface area contributed by atoms with Crippen LogP contribution in [-0.2, 0) is 21.6 Å². The molecule has 2 atom stereocenters. The highest BCUT2D eigenvalue weighted by atomic mass is 16.5. The summed E-state index contributed by atoms with van der Waals surface area (Å²) >= 11 is 0. The van der Waals surface area contributed by atoms with E-state index >= 15 is 0 Å². The number of nitrogens with two attached hydrogens (primary N) is 1. The highest BCUT2D eigenvalue weighted by molar-refractivity contribution is 6.15. The first-order valence-corrected chi connectivity index (χ1v) is 11.5. The van der Waals surface area contributed by atoms with E-state index in [1.807, 2.05) is 48.5 Å². The van der Waals surface area contributed by atoms with Crippen molar-refractivity contribution in [2.45, 2.75) is 64.9 Å². The SMILES string of the molecule is CCCCCCOC1(c2ccccc2)C(C(=O)O)=C1c1ccc(N)cc1CC(C)CC. The molecular formula is C27H35NO3. The molecule has 0 spiro atoms. The second-order valence-corrected chi connectivity index (χ2v) is 8.65. The topological polar surface area (TPSA) is 72.5 Å². The van der Waals surface area contributed by atoms with Gasteiger partial charge in [0.05, 0.1) is 5.57 Å². The molecule has 1 aliphatic rings. The van der Waals surface area contributed by atoms with Gasteiger partial charge in [0.1, 0.15) is 0 Å². The third kappa shape index (κ3) is 4.85. The van der Waals surface area contributed by atoms with Crippen LogP contribution in [0.2, 0.25) is 0 Å². The number of unbranched alkanes of at least 4 members (excludes halogenated alkanes) is 3. The van der Waals surface area contributed by atoms with Gasteiger partial charge in [-0.2, -0.15) is 0 Å². The minimum absolute atomic E-state index is 0.351. The number of nitrogen functional groups attached to an aromatic ring is 1. The lowest BCUT2D eigenvalue weighted by molar-refractivity contribution is -0.133. The molecule has 4 heteroatoms. The summed E-state index contributed by atoms with van der Waals surface area (Å²) in [5.41, 5.74) is 9.86. The van der Waals surface area contributed by atoms with Crippen LogP contribution in [0.5, 0.6) is 0 Å². The van der Waals surface area contributed by atoms with Crippen molar-refractivity contribution in [3.8, 4) is 0 Å². The average molecular weight is 422 g/mol. The summed E-state index contributed by atoms with van der Waals surface area (Å²) in [6.07, 6.45) is 6.22. The second kappa shape index (κ2) is 10.1. The quantitative estimate of drug-likeness (QED) is 0.316. The molecule has 0 saturated carbocycles. The normalized spacial score (nSPS) is 18.8. The van der Waals surface area contributed by atoms with E-state index in [1.165, 1.54) is 0 Å². The minimum atomic E-state index is -0.986. The van der Waals surface area contributed by atoms with E-state index in [1.54, 1.807) is 0 Å². The monoisotopic (exact) mass is 421 g/mol. The third-order valence-electron chi connectivity index (χ3n) is 6.27. The molecule has 1 aliphatic carbocycles. The molecule has 4 nitrogen and oxygen atoms in total. The maximum absolute atomic E-state index is 12.4. The van der Waals surface area contributed by atoms with E-state index < -0.39 is 11.6 Å². The lowest BCUT2D eigenvalue weighted by atomic mass is 9.90. The van der Waals surface area contributed by atoms with Gasteiger partial charge in [-0.3, -0.25) is 0 Å². The summed E-state index contributed by atoms with van der Waals surface area (Å²) in [5.74, 6) is -0.437. The molecule has 3 N–H and O–H groups in total. The highest BCUT2D eigenvalue weighted by Crippen LogP contribution is 2.61. The Kier molecular flexibility index (Phi) is 7.55. The van der Waals surface area contributed by atoms with Crippen molar-refractivity contribution in [2.75, 3.05) is 12.3 Å². The summed E-state index contributed by atoms with van der Waals surface area (Å²) in [5, 5.41) is 10.1. The van der Waals surface area contributed by atoms with Crippen molar-refractivity contribution >= 4 is 17.2 Å². The van der Waals surface area contributed by atoms with Gasteiger partial charge in [0.25, 0.3) is 0 Å². The summed E-state index contributed by atoms with van der Waals surface area (Å²) in [6, 6.07) is 15.6. The largest absolute Gasteiger partial charge is 0.478 e. The molecule has 0 amide bonds. The van der Waals surface area contributed by atoms with Gasteiger partial charge >= 0.3 is 5.97 Å². The first-order chi connectivity index (χ1) is 15.0. The molecule has 3 rings (SSSR count). The molecule has 31 heavy (non-hydrogen) atoms. The predicted molar refractivity (Wildman–Crippen MR) is 127 cm³/mol. The van der Waals surface area contributed by atoms with Crippen LogP contribution in [0, 0.1) is 5.92 Å². The lowest BCUT2D eigenvalue weighted by Crippen LogP contribution is -2.22. The van der Waals surface area contributed by atoms with Crippen LogP contribution in [-0.4, -0.2) is 17.7 Å². The standard InChI is InChI=1S/C27H35NO3/c1-4-6-7-11-16-31-27(21-12-9-8-10-13-21)24(25(27)26(29)30)23-15-14-22(28)18-20(23)17-19(3)5-2/h8-10,12-15,18-19H,4-7,11,16-17,28H2,1-3H3,(H,29,30). The number of aliphatic carboxylic acids is 1. The summed E-state index contributed by atoms with van der Waals surface area (Å²) in [4.78, 5) is 12.4. The number of carbonyl (C=O) groups is 1. The molecule has 166 valence electrons. The number of benzene rings is 2. The van der Waals surface area contributed by atoms with Gasteiger partial charge in [-0.1, -0.05) is 82.9 Å². The summed E-state index contributed by atoms with van der Waals surface area (Å²) in [7, 11) is 0. The first-order valence-electron chi connectivity index (χ1n) is 11.5. The zero-order valence-corrected chi connectivity index (χ0v) is 19.0. The number of carboxylic acids is 1. The van der Waals surface area contributed by atoms with E-state index in [0.29, 0.717) is 23.8 Å². The van der Waals surface area contributed by atoms with Crippen molar-refractivity contribution in [1.29, 1.82) is 0 Å². The fraction of sp³-hybridized carbons (Fsp3) is 0.444. The average Bonchev–Trinajstić information content (AvgIpc) is 3.44. The summed E-state index contributed by atoms with van der Waals surface area (Å²) < 4.78 is 6.44. The molecule has 0 heterocycles. The summed E-state index contributed by atoms with van der Waals surface area (Å²) in [6.45, 7) is 7.09. The van der Waals surface area contributed by atoms with E-state index in [9.17, 15) is 9.90 Å². The molecule has 2 aromatic carbocycles. The van der Waals surface area contributed by atoms with Gasteiger partial charge in [-0.25, -0.2) is 4.79 Å². The van der Waals surface area contributed by atoms with Crippen LogP contribution in [0.4, 0.5) is 5.69 Å². The van der Waals surface area contributed by atoms with Crippen molar-refractivity contribution in [2.24, 2.45) is 5.92 Å². The van der Waals surface area contributed by atoms with Gasteiger partial charge < -0.3 is 15.6 Å². The predicted octanol–water partition coefficient (Wildman–Crippen LogP) is 6.20. The Bertz CT molecular complexity index is 935. The molecular weight excluding hydrogens is 386 g/mol. The maximum Gasteiger partial charge on any atom is 0.335 e. The van der Waals surface area contributed by atoms with E-state index in [0.717, 1.165) is 60.8 Å². The molecule has 0 fully saturated rings. The number of ether oxygens (including phenoxy) is 1. The molecule has 0 radical (unpaired) electrons. The van der Waals surface area contributed by atoms with E-state index in [4.69, 9.17) is 10.5 Å². The molecule has 0 aliphatic heterocycles. The zero-order chi connectivity index (χ0) is 22.4. The van der Waals surface area contributed by atoms with Crippen molar-refractivity contribution < 1.29 is 14.6 Å². The maximum atomic E-state index is 12.4. The fourth-order valence-corrected chi connectivity index (χ4v) is 4.34. The third-order valence-corrected chi connectivity index (χ3v) is 6.27. The highest BCUT2D eigenvalue weighted by Gasteiger charge is 2.60. The van der Waals surface area contributed by atoms with Crippen LogP contribution >= 0.6 is 0 Å². The fourth-order valence-electron chi connectivity index (χ4n) is 4.34. The smallest absolute Gasteiger partial charge is 0.335 e. The second-order valence-electron chi connectivity index (χ2n) is 8.65. The Hall–Kier alpha value is -2.59. The Balaban J connectivity index is 2.03. The van der Waals surface area contributed by atoms with Crippen LogP contribution in [0.1, 0.15) is 69.6 Å². The molecule has 0 bridgehead atoms. The van der Waals surface area contributed by atoms with Gasteiger partial charge in [0.15, 0.2) is 5.60 Å². The lowest BCUT2D eigenvalue weighted by Gasteiger charge is -2.23. The number of anilines is 1. The van der Waals surface area contributed by atoms with Gasteiger partial charge in [0.2, 0.25) is 0 Å². The van der Waals surface area contributed by atoms with Gasteiger partial charge in [-0.05, 0) is 47.6 Å². The minimum Gasteiger partial charge on any atom is -0.478 e. The molecule has 2 aromatic rings. The Labute approximate surface area is 186 Å². The van der Waals surface area contributed by atoms with E-state index in [-0.39, 0.29) is 0 Å². The van der Waals surface area contributed by atoms with Gasteiger partial charge in [-0.15, -0.1) is 0 Å². The van der Waals surface area contributed by atoms with Crippen molar-refractivity contribution in [3.63, 3.8) is 0 Å². The Morgan fingerprint density at radius 2 is 1.84 bits per heavy atom. The zero-order valence-electron chi connectivity index (χ0n) is 19.0. The Morgan fingerprint density at radius 3 is 2.48 bits per heavy atom. The van der Waals surface area contributed by atoms with Gasteiger partial charge in [0, 0.05) is 17.9 Å². The van der Waals surface area contributed by atoms with Crippen molar-refractivity contribution in [3.05, 3.63) is 70.8 Å². The first kappa shape index (κ1) is 23.1. The van der Waals surface area contributed by atoms with Crippen LogP contribution in [0.25, 0.3) is 5.57 Å². The number of hydrogen-bond donors (Lipinski definition) is 2. The van der Waals surface area contributed by atoms with Crippen LogP contribution in [0.3, 0.4) is 0 Å². The number of hydrogen-bond acceptors (Lipinski definition) is 3. The van der Waals surface area contributed by atoms with Crippen LogP contribution in [0.15, 0.2) is 54.1 Å². The van der Waals surface area contributed by atoms with Crippen molar-refractivity contribution in [1.82, 2.24) is 0 Å². The van der Waals surface area contributed by atoms with Crippen LogP contribution < -0.4 is 5.73 Å². The molecule has 0 aromatic heterocycles. The van der Waals surface area contributed by atoms with E-state index in [2.05, 4.69) is 20.8 Å². The molecule has 2 unspecified atom stereocenters. The molecule has 0 saturated heterocycles. The Morgan fingerprint density at radius 1 is 1.10 bits per heavy atom. The number of carboxylic acid groups (broad SMARTS) is 1.